The molecule has 2 N–H and O–H groups in total. The molecule has 0 aliphatic carbocycles. The summed E-state index contributed by atoms with van der Waals surface area (Å²) in [7, 11) is 0. The summed E-state index contributed by atoms with van der Waals surface area (Å²) in [6.07, 6.45) is 0. The van der Waals surface area contributed by atoms with E-state index in [1.165, 1.54) is 0 Å². The van der Waals surface area contributed by atoms with Crippen molar-refractivity contribution in [2.45, 2.75) is 0 Å². The van der Waals surface area contributed by atoms with Gasteiger partial charge in [0, 0.05) is 23.0 Å². The number of aliphatic hydroxyl groups excluding tert-OH is 2. The zero-order valence-electron chi connectivity index (χ0n) is 9.60. The molecule has 0 aromatic heterocycles. The minimum Gasteiger partial charge on any atom is -0.394 e. The molecule has 0 aromatic rings. The summed E-state index contributed by atoms with van der Waals surface area (Å²) >= 11 is 3.73. The Morgan fingerprint density at radius 3 is 1.44 bits per heavy atom. The minimum absolute atomic E-state index is 0.106. The van der Waals surface area contributed by atoms with E-state index in [1.54, 1.807) is 0 Å². The molecule has 0 spiro atoms. The van der Waals surface area contributed by atoms with Crippen LogP contribution in [0.4, 0.5) is 0 Å². The topological polar surface area (TPSA) is 58.9 Å². The van der Waals surface area contributed by atoms with Gasteiger partial charge in [0.25, 0.3) is 0 Å². The van der Waals surface area contributed by atoms with Crippen LogP contribution in [0.1, 0.15) is 0 Å². The van der Waals surface area contributed by atoms with Gasteiger partial charge in [-0.05, 0) is 0 Å². The number of hydrogen-bond donors (Lipinski definition) is 2. The summed E-state index contributed by atoms with van der Waals surface area (Å²) in [5, 5.41) is 16.9. The molecule has 0 radical (unpaired) electrons. The first-order valence-corrected chi connectivity index (χ1v) is 7.75. The molecular formula is C10H22O4S2. The lowest BCUT2D eigenvalue weighted by Crippen LogP contribution is -2.04. The first kappa shape index (κ1) is 16.5. The molecule has 0 bridgehead atoms. The van der Waals surface area contributed by atoms with Crippen molar-refractivity contribution in [1.82, 2.24) is 0 Å². The Hall–Kier alpha value is 0.540. The summed E-state index contributed by atoms with van der Waals surface area (Å²) in [5.74, 6) is 4.21. The first-order chi connectivity index (χ1) is 7.91. The molecule has 0 aliphatic rings. The van der Waals surface area contributed by atoms with Crippen LogP contribution in [0.2, 0.25) is 0 Å². The van der Waals surface area contributed by atoms with E-state index in [0.29, 0.717) is 13.2 Å². The van der Waals surface area contributed by atoms with Crippen molar-refractivity contribution in [2.75, 3.05) is 62.7 Å². The van der Waals surface area contributed by atoms with Gasteiger partial charge in [0.2, 0.25) is 0 Å². The van der Waals surface area contributed by atoms with E-state index in [1.807, 2.05) is 23.5 Å². The zero-order valence-corrected chi connectivity index (χ0v) is 11.2. The van der Waals surface area contributed by atoms with Crippen LogP contribution in [-0.2, 0) is 9.47 Å². The average molecular weight is 270 g/mol. The van der Waals surface area contributed by atoms with Crippen LogP contribution in [0.3, 0.4) is 0 Å². The molecule has 6 heteroatoms. The quantitative estimate of drug-likeness (QED) is 0.475. The van der Waals surface area contributed by atoms with Crippen molar-refractivity contribution in [3.05, 3.63) is 0 Å². The van der Waals surface area contributed by atoms with Gasteiger partial charge < -0.3 is 19.7 Å². The fourth-order valence-electron chi connectivity index (χ4n) is 0.891. The Kier molecular flexibility index (Phi) is 16.1. The van der Waals surface area contributed by atoms with Crippen molar-refractivity contribution in [2.24, 2.45) is 0 Å². The van der Waals surface area contributed by atoms with Gasteiger partial charge in [-0.15, -0.1) is 0 Å². The van der Waals surface area contributed by atoms with Crippen LogP contribution < -0.4 is 0 Å². The summed E-state index contributed by atoms with van der Waals surface area (Å²) in [5.41, 5.74) is 0. The second-order valence-corrected chi connectivity index (χ2v) is 5.35. The van der Waals surface area contributed by atoms with E-state index >= 15 is 0 Å². The summed E-state index contributed by atoms with van der Waals surface area (Å²) in [6.45, 7) is 2.53. The molecule has 0 aromatic carbocycles. The fourth-order valence-corrected chi connectivity index (χ4v) is 2.71. The lowest BCUT2D eigenvalue weighted by Gasteiger charge is -2.03. The lowest BCUT2D eigenvalue weighted by atomic mass is 10.7. The maximum Gasteiger partial charge on any atom is 0.0698 e. The third-order valence-electron chi connectivity index (χ3n) is 1.59. The van der Waals surface area contributed by atoms with Crippen LogP contribution in [0.5, 0.6) is 0 Å². The number of aliphatic hydroxyl groups is 2. The van der Waals surface area contributed by atoms with Crippen LogP contribution in [0.25, 0.3) is 0 Å². The van der Waals surface area contributed by atoms with E-state index in [2.05, 4.69) is 0 Å². The van der Waals surface area contributed by atoms with Crippen LogP contribution in [0, 0.1) is 0 Å². The number of thioether (sulfide) groups is 2. The Bertz CT molecular complexity index is 113. The zero-order chi connectivity index (χ0) is 11.9. The third-order valence-corrected chi connectivity index (χ3v) is 3.74. The maximum atomic E-state index is 8.47. The van der Waals surface area contributed by atoms with Gasteiger partial charge in [-0.3, -0.25) is 0 Å². The molecule has 0 unspecified atom stereocenters. The van der Waals surface area contributed by atoms with Gasteiger partial charge in [-0.25, -0.2) is 0 Å². The summed E-state index contributed by atoms with van der Waals surface area (Å²) in [6, 6.07) is 0. The Morgan fingerprint density at radius 1 is 0.625 bits per heavy atom. The molecule has 16 heavy (non-hydrogen) atoms. The molecule has 0 amide bonds. The molecule has 0 rings (SSSR count). The van der Waals surface area contributed by atoms with Crippen LogP contribution in [-0.4, -0.2) is 72.9 Å². The van der Waals surface area contributed by atoms with E-state index in [0.717, 1.165) is 36.2 Å². The maximum absolute atomic E-state index is 8.47. The van der Waals surface area contributed by atoms with E-state index < -0.39 is 0 Å². The number of hydrogen-bond acceptors (Lipinski definition) is 6. The minimum atomic E-state index is 0.106. The van der Waals surface area contributed by atoms with Crippen LogP contribution >= 0.6 is 23.5 Å². The standard InChI is InChI=1S/C10H22O4S2/c11-1-3-13-5-7-15-9-10-16-8-6-14-4-2-12/h11-12H,1-10H2. The number of rotatable bonds is 13. The van der Waals surface area contributed by atoms with Gasteiger partial charge in [-0.2, -0.15) is 23.5 Å². The number of ether oxygens (including phenoxy) is 2. The highest BCUT2D eigenvalue weighted by atomic mass is 32.2. The van der Waals surface area contributed by atoms with Crippen molar-refractivity contribution in [3.8, 4) is 0 Å². The van der Waals surface area contributed by atoms with Crippen molar-refractivity contribution >= 4 is 23.5 Å². The Balaban J connectivity index is 2.83. The highest BCUT2D eigenvalue weighted by Gasteiger charge is 1.92. The van der Waals surface area contributed by atoms with Gasteiger partial charge >= 0.3 is 0 Å². The molecule has 0 saturated heterocycles. The predicted octanol–water partition coefficient (Wildman–Crippen LogP) is 0.471. The van der Waals surface area contributed by atoms with Gasteiger partial charge in [0.05, 0.1) is 39.6 Å². The Labute approximate surface area is 106 Å². The molecule has 0 saturated carbocycles. The normalized spacial score (nSPS) is 10.9. The average Bonchev–Trinajstić information content (AvgIpc) is 2.31. The molecule has 0 fully saturated rings. The van der Waals surface area contributed by atoms with Gasteiger partial charge in [0.1, 0.15) is 0 Å². The highest BCUT2D eigenvalue weighted by Crippen LogP contribution is 2.06. The summed E-state index contributed by atoms with van der Waals surface area (Å²) in [4.78, 5) is 0. The molecular weight excluding hydrogens is 248 g/mol. The molecule has 0 heterocycles. The molecule has 0 atom stereocenters. The third kappa shape index (κ3) is 14.5. The molecule has 4 nitrogen and oxygen atoms in total. The summed E-state index contributed by atoms with van der Waals surface area (Å²) < 4.78 is 10.3. The largest absolute Gasteiger partial charge is 0.394 e. The predicted molar refractivity (Wildman–Crippen MR) is 70.5 cm³/mol. The van der Waals surface area contributed by atoms with Gasteiger partial charge in [-0.1, -0.05) is 0 Å². The smallest absolute Gasteiger partial charge is 0.0698 e. The first-order valence-electron chi connectivity index (χ1n) is 5.44. The lowest BCUT2D eigenvalue weighted by molar-refractivity contribution is 0.103. The molecule has 98 valence electrons. The van der Waals surface area contributed by atoms with E-state index in [-0.39, 0.29) is 13.2 Å². The Morgan fingerprint density at radius 2 is 1.06 bits per heavy atom. The monoisotopic (exact) mass is 270 g/mol. The highest BCUT2D eigenvalue weighted by molar-refractivity contribution is 8.02. The van der Waals surface area contributed by atoms with E-state index in [9.17, 15) is 0 Å². The van der Waals surface area contributed by atoms with Crippen molar-refractivity contribution in [1.29, 1.82) is 0 Å². The van der Waals surface area contributed by atoms with Crippen LogP contribution in [0.15, 0.2) is 0 Å². The SMILES string of the molecule is OCCOCCSCCSCCOCCO. The van der Waals surface area contributed by atoms with E-state index in [4.69, 9.17) is 19.7 Å². The molecule has 0 aliphatic heterocycles. The van der Waals surface area contributed by atoms with Gasteiger partial charge in [0.15, 0.2) is 0 Å². The second kappa shape index (κ2) is 15.5. The van der Waals surface area contributed by atoms with Crippen molar-refractivity contribution < 1.29 is 19.7 Å². The second-order valence-electron chi connectivity index (χ2n) is 2.90. The van der Waals surface area contributed by atoms with Crippen molar-refractivity contribution in [3.63, 3.8) is 0 Å². The fraction of sp³-hybridized carbons (Fsp3) is 1.00.